The van der Waals surface area contributed by atoms with Gasteiger partial charge in [0.15, 0.2) is 0 Å². The van der Waals surface area contributed by atoms with Crippen LogP contribution >= 0.6 is 0 Å². The number of aliphatic carboxylic acids is 1. The average molecular weight is 404 g/mol. The maximum atomic E-state index is 11.2. The number of nitriles is 1. The molecule has 0 saturated carbocycles. The molecule has 2 heterocycles. The van der Waals surface area contributed by atoms with E-state index in [0.29, 0.717) is 23.7 Å². The largest absolute Gasteiger partial charge is 0.490 e. The van der Waals surface area contributed by atoms with Gasteiger partial charge in [0.1, 0.15) is 24.2 Å². The zero-order chi connectivity index (χ0) is 21.3. The second-order valence-electron chi connectivity index (χ2n) is 7.91. The summed E-state index contributed by atoms with van der Waals surface area (Å²) in [6, 6.07) is 15.7. The number of ether oxygens (including phenoxy) is 2. The number of fused-ring (bicyclic) bond motifs is 3. The maximum absolute atomic E-state index is 11.2. The van der Waals surface area contributed by atoms with Gasteiger partial charge in [-0.3, -0.25) is 4.79 Å². The number of nitrogens with zero attached hydrogens (tertiary/aromatic N) is 2. The molecule has 0 bridgehead atoms. The van der Waals surface area contributed by atoms with Gasteiger partial charge in [-0.05, 0) is 62.6 Å². The predicted molar refractivity (Wildman–Crippen MR) is 113 cm³/mol. The Kier molecular flexibility index (Phi) is 5.37. The lowest BCUT2D eigenvalue weighted by Gasteiger charge is -2.14. The van der Waals surface area contributed by atoms with E-state index in [0.717, 1.165) is 29.3 Å². The minimum atomic E-state index is -0.778. The summed E-state index contributed by atoms with van der Waals surface area (Å²) in [6.07, 6.45) is 1.87. The van der Waals surface area contributed by atoms with Crippen LogP contribution in [0.1, 0.15) is 49.6 Å². The van der Waals surface area contributed by atoms with E-state index in [1.165, 1.54) is 5.69 Å². The molecule has 30 heavy (non-hydrogen) atoms. The zero-order valence-electron chi connectivity index (χ0n) is 17.1. The zero-order valence-corrected chi connectivity index (χ0v) is 17.1. The Bertz CT molecular complexity index is 1140. The number of carbonyl (C=O) groups is 1. The van der Waals surface area contributed by atoms with Crippen molar-refractivity contribution in [3.05, 3.63) is 59.3 Å². The molecule has 1 N–H and O–H groups in total. The van der Waals surface area contributed by atoms with E-state index in [1.807, 2.05) is 38.1 Å². The van der Waals surface area contributed by atoms with Crippen LogP contribution in [0, 0.1) is 11.3 Å². The molecule has 6 nitrogen and oxygen atoms in total. The van der Waals surface area contributed by atoms with Crippen molar-refractivity contribution < 1.29 is 19.4 Å². The number of hydrogen-bond donors (Lipinski definition) is 1. The molecule has 1 aliphatic heterocycles. The first-order valence-electron chi connectivity index (χ1n) is 10.1. The van der Waals surface area contributed by atoms with Gasteiger partial charge in [-0.15, -0.1) is 0 Å². The Balaban J connectivity index is 1.54. The van der Waals surface area contributed by atoms with E-state index in [4.69, 9.17) is 9.47 Å². The average Bonchev–Trinajstić information content (AvgIpc) is 3.26. The number of carboxylic acid groups (broad SMARTS) is 1. The lowest BCUT2D eigenvalue weighted by Crippen LogP contribution is -2.09. The minimum Gasteiger partial charge on any atom is -0.490 e. The molecule has 3 aromatic rings. The summed E-state index contributed by atoms with van der Waals surface area (Å²) in [5, 5.41) is 19.7. The number of aromatic nitrogens is 1. The van der Waals surface area contributed by atoms with E-state index in [1.54, 1.807) is 12.1 Å². The van der Waals surface area contributed by atoms with Gasteiger partial charge in [0.05, 0.1) is 23.6 Å². The summed E-state index contributed by atoms with van der Waals surface area (Å²) >= 11 is 0. The van der Waals surface area contributed by atoms with Crippen LogP contribution < -0.4 is 9.47 Å². The first kappa shape index (κ1) is 19.8. The van der Waals surface area contributed by atoms with Crippen molar-refractivity contribution >= 4 is 16.9 Å². The molecule has 0 radical (unpaired) electrons. The molecule has 0 fully saturated rings. The maximum Gasteiger partial charge on any atom is 0.305 e. The van der Waals surface area contributed by atoms with E-state index < -0.39 is 5.97 Å². The quantitative estimate of drug-likeness (QED) is 0.609. The highest BCUT2D eigenvalue weighted by Gasteiger charge is 2.26. The fraction of sp³-hybridized carbons (Fsp3) is 0.333. The third-order valence-electron chi connectivity index (χ3n) is 5.33. The third kappa shape index (κ3) is 3.97. The van der Waals surface area contributed by atoms with Crippen LogP contribution in [0.2, 0.25) is 0 Å². The summed E-state index contributed by atoms with van der Waals surface area (Å²) in [5.74, 6) is 0.511. The van der Waals surface area contributed by atoms with Crippen LogP contribution in [0.15, 0.2) is 42.5 Å². The Morgan fingerprint density at radius 3 is 2.83 bits per heavy atom. The molecule has 6 heteroatoms. The van der Waals surface area contributed by atoms with E-state index in [9.17, 15) is 15.2 Å². The Labute approximate surface area is 175 Å². The number of carboxylic acids is 1. The lowest BCUT2D eigenvalue weighted by molar-refractivity contribution is -0.137. The van der Waals surface area contributed by atoms with Crippen LogP contribution in [-0.4, -0.2) is 21.7 Å². The lowest BCUT2D eigenvalue weighted by atomic mass is 10.1. The molecule has 0 saturated heterocycles. The minimum absolute atomic E-state index is 0.000320. The molecule has 1 unspecified atom stereocenters. The standard InChI is InChI=1S/C24H24N2O4/c1-15(2)30-23-8-3-16(9-18(23)13-25)14-29-21-7-4-17-10-19-5-6-20(11-24(27)28)26(19)22(17)12-21/h3-4,7-10,12,15,20H,5-6,11,14H2,1-2H3,(H,27,28). The van der Waals surface area contributed by atoms with Gasteiger partial charge >= 0.3 is 5.97 Å². The molecule has 1 atom stereocenters. The van der Waals surface area contributed by atoms with Gasteiger partial charge in [0.2, 0.25) is 0 Å². The van der Waals surface area contributed by atoms with Gasteiger partial charge < -0.3 is 19.1 Å². The Morgan fingerprint density at radius 2 is 2.10 bits per heavy atom. The summed E-state index contributed by atoms with van der Waals surface area (Å²) in [7, 11) is 0. The van der Waals surface area contributed by atoms with Gasteiger partial charge in [0, 0.05) is 23.2 Å². The number of rotatable bonds is 7. The molecule has 154 valence electrons. The Morgan fingerprint density at radius 1 is 1.27 bits per heavy atom. The summed E-state index contributed by atoms with van der Waals surface area (Å²) in [5.41, 5.74) is 3.55. The predicted octanol–water partition coefficient (Wildman–Crippen LogP) is 4.84. The van der Waals surface area contributed by atoms with E-state index in [2.05, 4.69) is 16.7 Å². The smallest absolute Gasteiger partial charge is 0.305 e. The van der Waals surface area contributed by atoms with E-state index in [-0.39, 0.29) is 18.6 Å². The van der Waals surface area contributed by atoms with Crippen molar-refractivity contribution in [3.8, 4) is 17.6 Å². The second-order valence-corrected chi connectivity index (χ2v) is 7.91. The number of aryl methyl sites for hydroxylation is 1. The van der Waals surface area contributed by atoms with Crippen molar-refractivity contribution in [1.82, 2.24) is 4.57 Å². The summed E-state index contributed by atoms with van der Waals surface area (Å²) in [6.45, 7) is 4.18. The fourth-order valence-corrected chi connectivity index (χ4v) is 4.09. The fourth-order valence-electron chi connectivity index (χ4n) is 4.09. The molecule has 2 aromatic carbocycles. The van der Waals surface area contributed by atoms with Gasteiger partial charge in [0.25, 0.3) is 0 Å². The van der Waals surface area contributed by atoms with E-state index >= 15 is 0 Å². The van der Waals surface area contributed by atoms with Crippen LogP contribution in [0.25, 0.3) is 10.9 Å². The van der Waals surface area contributed by atoms with Gasteiger partial charge in [-0.25, -0.2) is 0 Å². The molecular weight excluding hydrogens is 380 g/mol. The molecule has 0 spiro atoms. The van der Waals surface area contributed by atoms with Crippen molar-refractivity contribution in [2.45, 2.75) is 51.9 Å². The second kappa shape index (κ2) is 8.11. The van der Waals surface area contributed by atoms with Crippen LogP contribution in [0.3, 0.4) is 0 Å². The molecule has 0 amide bonds. The highest BCUT2D eigenvalue weighted by molar-refractivity contribution is 5.83. The Hall–Kier alpha value is -3.46. The first-order chi connectivity index (χ1) is 14.4. The van der Waals surface area contributed by atoms with Gasteiger partial charge in [-0.1, -0.05) is 6.07 Å². The number of benzene rings is 2. The number of hydrogen-bond acceptors (Lipinski definition) is 4. The molecule has 1 aliphatic rings. The van der Waals surface area contributed by atoms with Crippen LogP contribution in [0.5, 0.6) is 11.5 Å². The molecule has 4 rings (SSSR count). The van der Waals surface area contributed by atoms with Gasteiger partial charge in [-0.2, -0.15) is 5.26 Å². The molecule has 1 aromatic heterocycles. The van der Waals surface area contributed by atoms with Crippen molar-refractivity contribution in [1.29, 1.82) is 5.26 Å². The SMILES string of the molecule is CC(C)Oc1ccc(COc2ccc3cc4n(c3c2)C(CC(=O)O)CC4)cc1C#N. The first-order valence-corrected chi connectivity index (χ1v) is 10.1. The van der Waals surface area contributed by atoms with Crippen molar-refractivity contribution in [2.75, 3.05) is 0 Å². The summed E-state index contributed by atoms with van der Waals surface area (Å²) in [4.78, 5) is 11.2. The van der Waals surface area contributed by atoms with Crippen molar-refractivity contribution in [3.63, 3.8) is 0 Å². The molecule has 0 aliphatic carbocycles. The monoisotopic (exact) mass is 404 g/mol. The highest BCUT2D eigenvalue weighted by atomic mass is 16.5. The third-order valence-corrected chi connectivity index (χ3v) is 5.33. The summed E-state index contributed by atoms with van der Waals surface area (Å²) < 4.78 is 13.8. The van der Waals surface area contributed by atoms with Crippen LogP contribution in [-0.2, 0) is 17.8 Å². The molecular formula is C24H24N2O4. The van der Waals surface area contributed by atoms with Crippen molar-refractivity contribution in [2.24, 2.45) is 0 Å². The normalized spacial score (nSPS) is 15.2. The topological polar surface area (TPSA) is 84.5 Å². The highest BCUT2D eigenvalue weighted by Crippen LogP contribution is 2.36. The van der Waals surface area contributed by atoms with Crippen LogP contribution in [0.4, 0.5) is 0 Å².